The van der Waals surface area contributed by atoms with Gasteiger partial charge in [0.2, 0.25) is 10.0 Å². The molecule has 0 saturated heterocycles. The summed E-state index contributed by atoms with van der Waals surface area (Å²) in [5.41, 5.74) is 2.72. The van der Waals surface area contributed by atoms with Gasteiger partial charge in [-0.15, -0.1) is 0 Å². The average Bonchev–Trinajstić information content (AvgIpc) is 3.06. The Balaban J connectivity index is 1.91. The molecule has 3 aromatic rings. The summed E-state index contributed by atoms with van der Waals surface area (Å²) in [4.78, 5) is 12.6. The summed E-state index contributed by atoms with van der Waals surface area (Å²) in [6.45, 7) is 4.39. The highest BCUT2D eigenvalue weighted by Gasteiger charge is 2.18. The van der Waals surface area contributed by atoms with Gasteiger partial charge in [0.15, 0.2) is 0 Å². The number of unbranched alkanes of at least 4 members (excludes halogenated alkanes) is 2. The van der Waals surface area contributed by atoms with E-state index in [9.17, 15) is 13.2 Å². The van der Waals surface area contributed by atoms with Crippen LogP contribution in [0.4, 0.5) is 0 Å². The van der Waals surface area contributed by atoms with Crippen LogP contribution < -0.4 is 4.72 Å². The van der Waals surface area contributed by atoms with Crippen LogP contribution in [-0.2, 0) is 23.0 Å². The van der Waals surface area contributed by atoms with Crippen molar-refractivity contribution in [3.05, 3.63) is 63.3 Å². The van der Waals surface area contributed by atoms with E-state index in [1.807, 2.05) is 19.9 Å². The highest BCUT2D eigenvalue weighted by Crippen LogP contribution is 2.25. The second-order valence-corrected chi connectivity index (χ2v) is 10.1. The Morgan fingerprint density at radius 2 is 1.87 bits per heavy atom. The third-order valence-electron chi connectivity index (χ3n) is 5.03. The van der Waals surface area contributed by atoms with E-state index in [0.29, 0.717) is 23.0 Å². The molecule has 1 amide bonds. The van der Waals surface area contributed by atoms with E-state index >= 15 is 0 Å². The molecular weight excluding hydrogens is 457 g/mol. The molecule has 0 unspecified atom stereocenters. The zero-order valence-corrected chi connectivity index (χ0v) is 19.8. The molecule has 0 radical (unpaired) electrons. The molecule has 0 bridgehead atoms. The normalized spacial score (nSPS) is 11.7. The first-order chi connectivity index (χ1) is 14.7. The number of benzene rings is 2. The third-order valence-corrected chi connectivity index (χ3v) is 6.93. The summed E-state index contributed by atoms with van der Waals surface area (Å²) in [6, 6.07) is 10.4. The first-order valence-corrected chi connectivity index (χ1v) is 12.6. The highest BCUT2D eigenvalue weighted by molar-refractivity contribution is 7.90. The van der Waals surface area contributed by atoms with Crippen molar-refractivity contribution in [1.29, 1.82) is 0 Å². The molecule has 0 saturated carbocycles. The molecule has 0 aliphatic rings. The fourth-order valence-electron chi connectivity index (χ4n) is 3.37. The third kappa shape index (κ3) is 5.79. The zero-order valence-electron chi connectivity index (χ0n) is 17.5. The number of hydrogen-bond acceptors (Lipinski definition) is 4. The number of fused-ring (bicyclic) bond motifs is 1. The fourth-order valence-corrected chi connectivity index (χ4v) is 4.92. The van der Waals surface area contributed by atoms with Crippen molar-refractivity contribution in [2.45, 2.75) is 46.1 Å². The second-order valence-electron chi connectivity index (χ2n) is 7.38. The maximum atomic E-state index is 12.6. The van der Waals surface area contributed by atoms with Gasteiger partial charge in [-0.25, -0.2) is 13.1 Å². The summed E-state index contributed by atoms with van der Waals surface area (Å²) in [6.07, 6.45) is 2.94. The Labute approximate surface area is 192 Å². The van der Waals surface area contributed by atoms with Gasteiger partial charge < -0.3 is 0 Å². The minimum Gasteiger partial charge on any atom is -0.268 e. The first-order valence-electron chi connectivity index (χ1n) is 10.2. The quantitative estimate of drug-likeness (QED) is 0.425. The van der Waals surface area contributed by atoms with Gasteiger partial charge >= 0.3 is 0 Å². The number of aromatic nitrogens is 2. The summed E-state index contributed by atoms with van der Waals surface area (Å²) in [5, 5.41) is 6.66. The molecule has 1 aromatic heterocycles. The van der Waals surface area contributed by atoms with Crippen LogP contribution in [0.5, 0.6) is 0 Å². The smallest absolute Gasteiger partial charge is 0.264 e. The first kappa shape index (κ1) is 23.6. The van der Waals surface area contributed by atoms with Gasteiger partial charge in [-0.1, -0.05) is 62.0 Å². The molecule has 1 N–H and O–H groups in total. The van der Waals surface area contributed by atoms with Crippen LogP contribution in [0.25, 0.3) is 10.9 Å². The van der Waals surface area contributed by atoms with Crippen molar-refractivity contribution in [2.24, 2.45) is 0 Å². The minimum absolute atomic E-state index is 0.0677. The van der Waals surface area contributed by atoms with E-state index < -0.39 is 15.9 Å². The fraction of sp³-hybridized carbons (Fsp3) is 0.364. The van der Waals surface area contributed by atoms with Gasteiger partial charge in [-0.05, 0) is 42.7 Å². The van der Waals surface area contributed by atoms with Crippen molar-refractivity contribution < 1.29 is 13.2 Å². The Hall–Kier alpha value is -2.09. The van der Waals surface area contributed by atoms with Crippen molar-refractivity contribution in [2.75, 3.05) is 5.75 Å². The molecule has 1 heterocycles. The number of nitrogens with one attached hydrogen (secondary N) is 1. The van der Waals surface area contributed by atoms with E-state index in [0.717, 1.165) is 41.4 Å². The molecule has 0 atom stereocenters. The maximum absolute atomic E-state index is 12.6. The second kappa shape index (κ2) is 10.0. The van der Waals surface area contributed by atoms with Crippen molar-refractivity contribution >= 4 is 50.0 Å². The number of halogens is 2. The van der Waals surface area contributed by atoms with E-state index in [4.69, 9.17) is 23.2 Å². The van der Waals surface area contributed by atoms with Crippen molar-refractivity contribution in [1.82, 2.24) is 14.5 Å². The lowest BCUT2D eigenvalue weighted by molar-refractivity contribution is 0.0981. The van der Waals surface area contributed by atoms with E-state index in [1.54, 1.807) is 35.0 Å². The SMILES string of the molecule is CCCCCS(=O)(=O)NC(=O)c1ccc2c(CC)nn(Cc3ccc(Cl)cc3Cl)c2c1. The standard InChI is InChI=1S/C22H25Cl2N3O3S/c1-3-5-6-11-31(29,30)26-22(28)15-8-10-18-20(4-2)25-27(21(18)12-15)14-16-7-9-17(23)13-19(16)24/h7-10,12-13H,3-6,11,14H2,1-2H3,(H,26,28). The van der Waals surface area contributed by atoms with Gasteiger partial charge in [-0.2, -0.15) is 5.10 Å². The van der Waals surface area contributed by atoms with E-state index in [-0.39, 0.29) is 11.3 Å². The molecule has 0 aliphatic carbocycles. The van der Waals surface area contributed by atoms with E-state index in [1.165, 1.54) is 0 Å². The van der Waals surface area contributed by atoms with Gasteiger partial charge in [0.1, 0.15) is 0 Å². The van der Waals surface area contributed by atoms with Gasteiger partial charge in [0, 0.05) is 21.0 Å². The summed E-state index contributed by atoms with van der Waals surface area (Å²) in [5.74, 6) is -0.712. The molecule has 166 valence electrons. The van der Waals surface area contributed by atoms with Crippen LogP contribution in [-0.4, -0.2) is 29.9 Å². The summed E-state index contributed by atoms with van der Waals surface area (Å²) >= 11 is 12.3. The summed E-state index contributed by atoms with van der Waals surface area (Å²) in [7, 11) is -3.67. The molecule has 6 nitrogen and oxygen atoms in total. The van der Waals surface area contributed by atoms with Crippen molar-refractivity contribution in [3.63, 3.8) is 0 Å². The van der Waals surface area contributed by atoms with Crippen LogP contribution in [0.2, 0.25) is 10.0 Å². The average molecular weight is 482 g/mol. The predicted octanol–water partition coefficient (Wildman–Crippen LogP) is 5.20. The molecule has 0 fully saturated rings. The van der Waals surface area contributed by atoms with Crippen LogP contribution in [0.1, 0.15) is 54.7 Å². The van der Waals surface area contributed by atoms with Crippen LogP contribution >= 0.6 is 23.2 Å². The van der Waals surface area contributed by atoms with E-state index in [2.05, 4.69) is 9.82 Å². The Bertz CT molecular complexity index is 1210. The number of amides is 1. The van der Waals surface area contributed by atoms with Crippen LogP contribution in [0.15, 0.2) is 36.4 Å². The van der Waals surface area contributed by atoms with Crippen LogP contribution in [0.3, 0.4) is 0 Å². The lowest BCUT2D eigenvalue weighted by Gasteiger charge is -2.09. The van der Waals surface area contributed by atoms with Crippen molar-refractivity contribution in [3.8, 4) is 0 Å². The van der Waals surface area contributed by atoms with Gasteiger partial charge in [0.25, 0.3) is 5.91 Å². The summed E-state index contributed by atoms with van der Waals surface area (Å²) < 4.78 is 28.3. The molecule has 31 heavy (non-hydrogen) atoms. The topological polar surface area (TPSA) is 81.1 Å². The lowest BCUT2D eigenvalue weighted by atomic mass is 10.1. The number of hydrogen-bond donors (Lipinski definition) is 1. The Kier molecular flexibility index (Phi) is 7.62. The predicted molar refractivity (Wildman–Crippen MR) is 125 cm³/mol. The Morgan fingerprint density at radius 1 is 1.10 bits per heavy atom. The van der Waals surface area contributed by atoms with Gasteiger partial charge in [0.05, 0.1) is 23.5 Å². The monoisotopic (exact) mass is 481 g/mol. The molecular formula is C22H25Cl2N3O3S. The number of carbonyl (C=O) groups is 1. The minimum atomic E-state index is -3.67. The van der Waals surface area contributed by atoms with Crippen LogP contribution in [0, 0.1) is 0 Å². The maximum Gasteiger partial charge on any atom is 0.264 e. The molecule has 2 aromatic carbocycles. The van der Waals surface area contributed by atoms with Gasteiger partial charge in [-0.3, -0.25) is 9.48 Å². The Morgan fingerprint density at radius 3 is 2.55 bits per heavy atom. The number of carbonyl (C=O) groups excluding carboxylic acids is 1. The number of sulfonamides is 1. The zero-order chi connectivity index (χ0) is 22.6. The molecule has 0 aliphatic heterocycles. The molecule has 9 heteroatoms. The lowest BCUT2D eigenvalue weighted by Crippen LogP contribution is -2.32. The largest absolute Gasteiger partial charge is 0.268 e. The molecule has 3 rings (SSSR count). The number of aryl methyl sites for hydroxylation is 1. The highest BCUT2D eigenvalue weighted by atomic mass is 35.5. The molecule has 0 spiro atoms. The number of rotatable bonds is 9. The number of nitrogens with zero attached hydrogens (tertiary/aromatic N) is 2.